The molecule has 0 saturated heterocycles. The summed E-state index contributed by atoms with van der Waals surface area (Å²) in [5.74, 6) is -0.924. The number of rotatable bonds is 5. The first-order chi connectivity index (χ1) is 13.9. The fraction of sp³-hybridized carbons (Fsp3) is 0.0870. The topological polar surface area (TPSA) is 87.3 Å². The number of nitrogens with one attached hydrogen (secondary N) is 3. The monoisotopic (exact) mass is 387 g/mol. The lowest BCUT2D eigenvalue weighted by Gasteiger charge is -2.12. The molecule has 0 saturated carbocycles. The average Bonchev–Trinajstić information content (AvgIpc) is 2.68. The molecular weight excluding hydrogens is 366 g/mol. The summed E-state index contributed by atoms with van der Waals surface area (Å²) in [6, 6.07) is 20.9. The van der Waals surface area contributed by atoms with Gasteiger partial charge in [0.1, 0.15) is 0 Å². The lowest BCUT2D eigenvalue weighted by Crippen LogP contribution is -2.18. The van der Waals surface area contributed by atoms with E-state index in [2.05, 4.69) is 16.0 Å². The Morgan fingerprint density at radius 3 is 2.10 bits per heavy atom. The van der Waals surface area contributed by atoms with Gasteiger partial charge in [0.05, 0.1) is 11.3 Å². The molecule has 3 aromatic rings. The zero-order valence-corrected chi connectivity index (χ0v) is 16.2. The smallest absolute Gasteiger partial charge is 0.257 e. The third-order valence-corrected chi connectivity index (χ3v) is 4.14. The SMILES string of the molecule is CC(=O)Nc1cccc(C(=O)Nc2ccccc2C(=O)Nc2cccc(C)c2)c1. The van der Waals surface area contributed by atoms with Crippen molar-refractivity contribution in [1.82, 2.24) is 0 Å². The van der Waals surface area contributed by atoms with Crippen molar-refractivity contribution in [3.63, 3.8) is 0 Å². The van der Waals surface area contributed by atoms with Crippen molar-refractivity contribution < 1.29 is 14.4 Å². The minimum Gasteiger partial charge on any atom is -0.326 e. The Morgan fingerprint density at radius 2 is 1.38 bits per heavy atom. The van der Waals surface area contributed by atoms with Crippen molar-refractivity contribution in [2.75, 3.05) is 16.0 Å². The van der Waals surface area contributed by atoms with Crippen molar-refractivity contribution in [3.05, 3.63) is 89.5 Å². The molecule has 6 heteroatoms. The number of anilines is 3. The van der Waals surface area contributed by atoms with Crippen LogP contribution in [0, 0.1) is 6.92 Å². The summed E-state index contributed by atoms with van der Waals surface area (Å²) in [7, 11) is 0. The second-order valence-electron chi connectivity index (χ2n) is 6.59. The van der Waals surface area contributed by atoms with E-state index in [-0.39, 0.29) is 17.7 Å². The van der Waals surface area contributed by atoms with E-state index in [4.69, 9.17) is 0 Å². The lowest BCUT2D eigenvalue weighted by atomic mass is 10.1. The van der Waals surface area contributed by atoms with Crippen LogP contribution in [-0.4, -0.2) is 17.7 Å². The van der Waals surface area contributed by atoms with Crippen LogP contribution in [0.5, 0.6) is 0 Å². The Balaban J connectivity index is 1.79. The van der Waals surface area contributed by atoms with Crippen LogP contribution >= 0.6 is 0 Å². The average molecular weight is 387 g/mol. The lowest BCUT2D eigenvalue weighted by molar-refractivity contribution is -0.114. The van der Waals surface area contributed by atoms with E-state index in [1.807, 2.05) is 25.1 Å². The van der Waals surface area contributed by atoms with Gasteiger partial charge in [0.15, 0.2) is 0 Å². The van der Waals surface area contributed by atoms with Gasteiger partial charge in [0.25, 0.3) is 11.8 Å². The molecule has 3 N–H and O–H groups in total. The first kappa shape index (κ1) is 19.8. The second-order valence-corrected chi connectivity index (χ2v) is 6.59. The Kier molecular flexibility index (Phi) is 6.04. The highest BCUT2D eigenvalue weighted by Gasteiger charge is 2.15. The van der Waals surface area contributed by atoms with Gasteiger partial charge in [-0.25, -0.2) is 0 Å². The molecule has 3 rings (SSSR count). The van der Waals surface area contributed by atoms with Crippen molar-refractivity contribution >= 4 is 34.8 Å². The molecule has 0 heterocycles. The number of aryl methyl sites for hydroxylation is 1. The number of carbonyl (C=O) groups excluding carboxylic acids is 3. The summed E-state index contributed by atoms with van der Waals surface area (Å²) in [4.78, 5) is 36.6. The number of hydrogen-bond acceptors (Lipinski definition) is 3. The molecule has 0 unspecified atom stereocenters. The molecule has 0 bridgehead atoms. The molecule has 0 spiro atoms. The standard InChI is InChI=1S/C23H21N3O3/c1-15-7-5-9-18(13-15)25-23(29)20-11-3-4-12-21(20)26-22(28)17-8-6-10-19(14-17)24-16(2)27/h3-14H,1-2H3,(H,24,27)(H,25,29)(H,26,28). The van der Waals surface area contributed by atoms with Gasteiger partial charge in [-0.15, -0.1) is 0 Å². The number of benzene rings is 3. The van der Waals surface area contributed by atoms with Crippen molar-refractivity contribution in [3.8, 4) is 0 Å². The van der Waals surface area contributed by atoms with E-state index in [9.17, 15) is 14.4 Å². The molecule has 0 fully saturated rings. The van der Waals surface area contributed by atoms with E-state index in [1.54, 1.807) is 54.6 Å². The van der Waals surface area contributed by atoms with Crippen LogP contribution in [0.1, 0.15) is 33.2 Å². The fourth-order valence-electron chi connectivity index (χ4n) is 2.85. The molecule has 0 aromatic heterocycles. The number of hydrogen-bond donors (Lipinski definition) is 3. The maximum absolute atomic E-state index is 12.7. The molecule has 0 atom stereocenters. The van der Waals surface area contributed by atoms with E-state index in [0.717, 1.165) is 5.56 Å². The Bertz CT molecular complexity index is 1080. The molecule has 146 valence electrons. The normalized spacial score (nSPS) is 10.1. The second kappa shape index (κ2) is 8.84. The van der Waals surface area contributed by atoms with Crippen molar-refractivity contribution in [2.45, 2.75) is 13.8 Å². The molecule has 29 heavy (non-hydrogen) atoms. The third kappa shape index (κ3) is 5.29. The van der Waals surface area contributed by atoms with Crippen LogP contribution in [0.2, 0.25) is 0 Å². The fourth-order valence-corrected chi connectivity index (χ4v) is 2.85. The highest BCUT2D eigenvalue weighted by atomic mass is 16.2. The molecule has 0 radical (unpaired) electrons. The minimum atomic E-state index is -0.381. The van der Waals surface area contributed by atoms with Crippen molar-refractivity contribution in [2.24, 2.45) is 0 Å². The maximum Gasteiger partial charge on any atom is 0.257 e. The zero-order valence-electron chi connectivity index (χ0n) is 16.2. The highest BCUT2D eigenvalue weighted by Crippen LogP contribution is 2.20. The van der Waals surface area contributed by atoms with Gasteiger partial charge < -0.3 is 16.0 Å². The summed E-state index contributed by atoms with van der Waals surface area (Å²) < 4.78 is 0. The number of amides is 3. The van der Waals surface area contributed by atoms with Gasteiger partial charge in [-0.05, 0) is 55.0 Å². The van der Waals surface area contributed by atoms with Crippen LogP contribution < -0.4 is 16.0 Å². The molecule has 3 aromatic carbocycles. The van der Waals surface area contributed by atoms with Gasteiger partial charge in [0, 0.05) is 23.9 Å². The minimum absolute atomic E-state index is 0.222. The zero-order chi connectivity index (χ0) is 20.8. The largest absolute Gasteiger partial charge is 0.326 e. The Morgan fingerprint density at radius 1 is 0.690 bits per heavy atom. The van der Waals surface area contributed by atoms with E-state index >= 15 is 0 Å². The number of carbonyl (C=O) groups is 3. The van der Waals surface area contributed by atoms with Gasteiger partial charge in [0.2, 0.25) is 5.91 Å². The molecule has 0 aliphatic heterocycles. The van der Waals surface area contributed by atoms with Gasteiger partial charge in [-0.1, -0.05) is 30.3 Å². The Hall–Kier alpha value is -3.93. The van der Waals surface area contributed by atoms with Crippen LogP contribution in [0.15, 0.2) is 72.8 Å². The predicted octanol–water partition coefficient (Wildman–Crippen LogP) is 4.46. The van der Waals surface area contributed by atoms with Crippen molar-refractivity contribution in [1.29, 1.82) is 0 Å². The summed E-state index contributed by atoms with van der Waals surface area (Å²) in [6.07, 6.45) is 0. The van der Waals surface area contributed by atoms with Crippen LogP contribution in [0.4, 0.5) is 17.1 Å². The highest BCUT2D eigenvalue weighted by molar-refractivity contribution is 6.12. The summed E-state index contributed by atoms with van der Waals surface area (Å²) in [6.45, 7) is 3.34. The quantitative estimate of drug-likeness (QED) is 0.604. The van der Waals surface area contributed by atoms with Crippen LogP contribution in [-0.2, 0) is 4.79 Å². The van der Waals surface area contributed by atoms with Gasteiger partial charge in [-0.2, -0.15) is 0 Å². The molecule has 0 aliphatic carbocycles. The Labute approximate surface area is 169 Å². The molecule has 0 aliphatic rings. The van der Waals surface area contributed by atoms with E-state index in [0.29, 0.717) is 28.2 Å². The summed E-state index contributed by atoms with van der Waals surface area (Å²) in [5.41, 5.74) is 3.34. The first-order valence-electron chi connectivity index (χ1n) is 9.08. The molecular formula is C23H21N3O3. The molecule has 6 nitrogen and oxygen atoms in total. The summed E-state index contributed by atoms with van der Waals surface area (Å²) in [5, 5.41) is 8.26. The van der Waals surface area contributed by atoms with Crippen LogP contribution in [0.3, 0.4) is 0 Å². The van der Waals surface area contributed by atoms with E-state index in [1.165, 1.54) is 6.92 Å². The summed E-state index contributed by atoms with van der Waals surface area (Å²) >= 11 is 0. The van der Waals surface area contributed by atoms with Gasteiger partial charge in [-0.3, -0.25) is 14.4 Å². The van der Waals surface area contributed by atoms with Crippen LogP contribution in [0.25, 0.3) is 0 Å². The number of para-hydroxylation sites is 1. The van der Waals surface area contributed by atoms with Gasteiger partial charge >= 0.3 is 0 Å². The first-order valence-corrected chi connectivity index (χ1v) is 9.08. The third-order valence-electron chi connectivity index (χ3n) is 4.14. The maximum atomic E-state index is 12.7. The predicted molar refractivity (Wildman–Crippen MR) is 114 cm³/mol. The molecule has 3 amide bonds. The van der Waals surface area contributed by atoms with E-state index < -0.39 is 0 Å².